The van der Waals surface area contributed by atoms with Crippen molar-refractivity contribution < 1.29 is 9.72 Å². The summed E-state index contributed by atoms with van der Waals surface area (Å²) in [5, 5.41) is 14.4. The number of aromatic nitrogens is 1. The lowest BCUT2D eigenvalue weighted by Gasteiger charge is -2.21. The predicted octanol–water partition coefficient (Wildman–Crippen LogP) is 2.09. The standard InChI is InChI=1S/C17H19N5O3/c1-11-8-15(22(24)25)17(19-9-11)20-12-6-7-21(10-12)14-5-3-2-4-13(14)16(18)23/h2-5,8-9,12H,6-7,10H2,1H3,(H2,18,23)(H,19,20)/t12-/m0/s1. The summed E-state index contributed by atoms with van der Waals surface area (Å²) in [5.74, 6) is -0.200. The number of hydrogen-bond donors (Lipinski definition) is 2. The molecule has 1 amide bonds. The SMILES string of the molecule is Cc1cnc(N[C@H]2CCN(c3ccccc3C(N)=O)C2)c([N+](=O)[O-])c1. The van der Waals surface area contributed by atoms with Crippen molar-refractivity contribution in [2.24, 2.45) is 5.73 Å². The van der Waals surface area contributed by atoms with Gasteiger partial charge in [-0.05, 0) is 31.0 Å². The lowest BCUT2D eigenvalue weighted by atomic mass is 10.1. The number of nitro groups is 1. The lowest BCUT2D eigenvalue weighted by Crippen LogP contribution is -2.28. The molecule has 1 aromatic heterocycles. The average Bonchev–Trinajstić information content (AvgIpc) is 3.04. The third kappa shape index (κ3) is 3.52. The molecule has 1 aliphatic heterocycles. The van der Waals surface area contributed by atoms with E-state index in [-0.39, 0.29) is 17.5 Å². The molecule has 1 aromatic carbocycles. The summed E-state index contributed by atoms with van der Waals surface area (Å²) in [6.45, 7) is 3.10. The first-order valence-electron chi connectivity index (χ1n) is 7.97. The monoisotopic (exact) mass is 341 g/mol. The Morgan fingerprint density at radius 2 is 2.20 bits per heavy atom. The first-order valence-corrected chi connectivity index (χ1v) is 7.97. The van der Waals surface area contributed by atoms with Gasteiger partial charge in [-0.3, -0.25) is 14.9 Å². The minimum atomic E-state index is -0.470. The van der Waals surface area contributed by atoms with E-state index in [1.807, 2.05) is 12.1 Å². The number of rotatable bonds is 5. The van der Waals surface area contributed by atoms with Gasteiger partial charge in [-0.25, -0.2) is 4.98 Å². The average molecular weight is 341 g/mol. The zero-order valence-corrected chi connectivity index (χ0v) is 13.8. The first-order chi connectivity index (χ1) is 12.0. The number of amides is 1. The van der Waals surface area contributed by atoms with Crippen molar-refractivity contribution in [2.45, 2.75) is 19.4 Å². The van der Waals surface area contributed by atoms with Gasteiger partial charge < -0.3 is 16.0 Å². The van der Waals surface area contributed by atoms with Crippen LogP contribution in [0, 0.1) is 17.0 Å². The molecule has 1 saturated heterocycles. The molecule has 130 valence electrons. The van der Waals surface area contributed by atoms with Gasteiger partial charge >= 0.3 is 5.69 Å². The second-order valence-electron chi connectivity index (χ2n) is 6.09. The largest absolute Gasteiger partial charge is 0.369 e. The lowest BCUT2D eigenvalue weighted by molar-refractivity contribution is -0.384. The van der Waals surface area contributed by atoms with Crippen LogP contribution in [0.5, 0.6) is 0 Å². The Morgan fingerprint density at radius 1 is 1.44 bits per heavy atom. The normalized spacial score (nSPS) is 16.7. The molecule has 3 N–H and O–H groups in total. The molecular formula is C17H19N5O3. The molecule has 0 saturated carbocycles. The fraction of sp³-hybridized carbons (Fsp3) is 0.294. The summed E-state index contributed by atoms with van der Waals surface area (Å²) in [6.07, 6.45) is 2.38. The number of aryl methyl sites for hydroxylation is 1. The molecule has 2 aromatic rings. The van der Waals surface area contributed by atoms with E-state index < -0.39 is 10.8 Å². The van der Waals surface area contributed by atoms with Gasteiger partial charge in [-0.15, -0.1) is 0 Å². The van der Waals surface area contributed by atoms with Crippen molar-refractivity contribution in [3.05, 3.63) is 57.8 Å². The van der Waals surface area contributed by atoms with Crippen molar-refractivity contribution in [1.82, 2.24) is 4.98 Å². The van der Waals surface area contributed by atoms with Gasteiger partial charge in [-0.2, -0.15) is 0 Å². The molecule has 1 aliphatic rings. The van der Waals surface area contributed by atoms with Crippen LogP contribution in [-0.4, -0.2) is 34.9 Å². The molecule has 0 aliphatic carbocycles. The molecule has 0 radical (unpaired) electrons. The maximum Gasteiger partial charge on any atom is 0.311 e. The van der Waals surface area contributed by atoms with Crippen LogP contribution in [0.1, 0.15) is 22.3 Å². The summed E-state index contributed by atoms with van der Waals surface area (Å²) in [6, 6.07) is 8.68. The molecule has 0 bridgehead atoms. The number of carbonyl (C=O) groups excluding carboxylic acids is 1. The van der Waals surface area contributed by atoms with Crippen LogP contribution in [0.4, 0.5) is 17.2 Å². The van der Waals surface area contributed by atoms with Gasteiger partial charge in [0.2, 0.25) is 5.82 Å². The van der Waals surface area contributed by atoms with Crippen LogP contribution in [0.3, 0.4) is 0 Å². The smallest absolute Gasteiger partial charge is 0.311 e. The van der Waals surface area contributed by atoms with Crippen LogP contribution in [0.2, 0.25) is 0 Å². The number of nitrogens with one attached hydrogen (secondary N) is 1. The molecule has 0 spiro atoms. The van der Waals surface area contributed by atoms with Crippen molar-refractivity contribution in [3.63, 3.8) is 0 Å². The number of pyridine rings is 1. The summed E-state index contributed by atoms with van der Waals surface area (Å²) in [7, 11) is 0. The summed E-state index contributed by atoms with van der Waals surface area (Å²) in [4.78, 5) is 28.6. The Bertz CT molecular complexity index is 824. The van der Waals surface area contributed by atoms with Crippen LogP contribution in [0.15, 0.2) is 36.5 Å². The molecule has 3 rings (SSSR count). The highest BCUT2D eigenvalue weighted by Crippen LogP contribution is 2.28. The topological polar surface area (TPSA) is 114 Å². The third-order valence-electron chi connectivity index (χ3n) is 4.24. The molecule has 8 heteroatoms. The first kappa shape index (κ1) is 16.7. The van der Waals surface area contributed by atoms with E-state index in [0.717, 1.165) is 24.2 Å². The summed E-state index contributed by atoms with van der Waals surface area (Å²) in [5.41, 5.74) is 7.40. The maximum absolute atomic E-state index is 11.6. The molecule has 25 heavy (non-hydrogen) atoms. The fourth-order valence-corrected chi connectivity index (χ4v) is 3.05. The van der Waals surface area contributed by atoms with E-state index in [9.17, 15) is 14.9 Å². The Hall–Kier alpha value is -3.16. The van der Waals surface area contributed by atoms with Crippen LogP contribution >= 0.6 is 0 Å². The number of nitrogens with two attached hydrogens (primary N) is 1. The second-order valence-corrected chi connectivity index (χ2v) is 6.09. The van der Waals surface area contributed by atoms with E-state index >= 15 is 0 Å². The van der Waals surface area contributed by atoms with Crippen molar-refractivity contribution in [3.8, 4) is 0 Å². The molecule has 1 atom stereocenters. The Kier molecular flexibility index (Phi) is 4.51. The number of para-hydroxylation sites is 1. The highest BCUT2D eigenvalue weighted by molar-refractivity contribution is 5.98. The minimum Gasteiger partial charge on any atom is -0.369 e. The summed E-state index contributed by atoms with van der Waals surface area (Å²) < 4.78 is 0. The Labute approximate surface area is 144 Å². The predicted molar refractivity (Wildman–Crippen MR) is 94.8 cm³/mol. The zero-order valence-electron chi connectivity index (χ0n) is 13.8. The zero-order chi connectivity index (χ0) is 18.0. The van der Waals surface area contributed by atoms with E-state index in [0.29, 0.717) is 12.1 Å². The van der Waals surface area contributed by atoms with Crippen molar-refractivity contribution >= 4 is 23.1 Å². The number of primary amides is 1. The highest BCUT2D eigenvalue weighted by Gasteiger charge is 2.27. The number of benzene rings is 1. The van der Waals surface area contributed by atoms with Gasteiger partial charge in [0.1, 0.15) is 0 Å². The number of nitrogens with zero attached hydrogens (tertiary/aromatic N) is 3. The quantitative estimate of drug-likeness (QED) is 0.636. The van der Waals surface area contributed by atoms with E-state index in [1.54, 1.807) is 25.3 Å². The van der Waals surface area contributed by atoms with Gasteiger partial charge in [-0.1, -0.05) is 12.1 Å². The maximum atomic E-state index is 11.6. The van der Waals surface area contributed by atoms with Crippen molar-refractivity contribution in [2.75, 3.05) is 23.3 Å². The van der Waals surface area contributed by atoms with Crippen LogP contribution < -0.4 is 16.0 Å². The van der Waals surface area contributed by atoms with E-state index in [4.69, 9.17) is 5.73 Å². The molecular weight excluding hydrogens is 322 g/mol. The van der Waals surface area contributed by atoms with Gasteiger partial charge in [0.05, 0.1) is 10.5 Å². The molecule has 8 nitrogen and oxygen atoms in total. The second kappa shape index (κ2) is 6.76. The van der Waals surface area contributed by atoms with E-state index in [1.165, 1.54) is 6.07 Å². The number of hydrogen-bond acceptors (Lipinski definition) is 6. The van der Waals surface area contributed by atoms with Gasteiger partial charge in [0, 0.05) is 37.1 Å². The molecule has 2 heterocycles. The van der Waals surface area contributed by atoms with Crippen LogP contribution in [0.25, 0.3) is 0 Å². The van der Waals surface area contributed by atoms with Crippen LogP contribution in [-0.2, 0) is 0 Å². The Balaban J connectivity index is 1.77. The number of carbonyl (C=O) groups is 1. The minimum absolute atomic E-state index is 0.00478. The van der Waals surface area contributed by atoms with Gasteiger partial charge in [0.25, 0.3) is 5.91 Å². The highest BCUT2D eigenvalue weighted by atomic mass is 16.6. The third-order valence-corrected chi connectivity index (χ3v) is 4.24. The van der Waals surface area contributed by atoms with E-state index in [2.05, 4.69) is 15.2 Å². The number of anilines is 2. The molecule has 0 unspecified atom stereocenters. The fourth-order valence-electron chi connectivity index (χ4n) is 3.05. The van der Waals surface area contributed by atoms with Crippen molar-refractivity contribution in [1.29, 1.82) is 0 Å². The molecule has 1 fully saturated rings. The summed E-state index contributed by atoms with van der Waals surface area (Å²) >= 11 is 0. The van der Waals surface area contributed by atoms with Gasteiger partial charge in [0.15, 0.2) is 0 Å². The Morgan fingerprint density at radius 3 is 2.92 bits per heavy atom.